The van der Waals surface area contributed by atoms with Gasteiger partial charge in [0.05, 0.1) is 5.92 Å². The van der Waals surface area contributed by atoms with Gasteiger partial charge in [-0.15, -0.1) is 0 Å². The number of hydrogen-bond donors (Lipinski definition) is 1. The monoisotopic (exact) mass is 373 g/mol. The van der Waals surface area contributed by atoms with Crippen LogP contribution in [0.2, 0.25) is 0 Å². The molecule has 0 saturated carbocycles. The molecule has 25 heavy (non-hydrogen) atoms. The summed E-state index contributed by atoms with van der Waals surface area (Å²) in [5.74, 6) is 1.10. The zero-order valence-electron chi connectivity index (χ0n) is 16.2. The highest BCUT2D eigenvalue weighted by atomic mass is 32.2. The van der Waals surface area contributed by atoms with Gasteiger partial charge in [-0.3, -0.25) is 4.79 Å². The van der Waals surface area contributed by atoms with Gasteiger partial charge in [-0.25, -0.2) is 0 Å². The van der Waals surface area contributed by atoms with E-state index in [4.69, 9.17) is 0 Å². The van der Waals surface area contributed by atoms with Crippen LogP contribution in [0.3, 0.4) is 0 Å². The molecular weight excluding hydrogens is 338 g/mol. The third-order valence-electron chi connectivity index (χ3n) is 5.26. The number of carbonyl (C=O) groups excluding carboxylic acids is 1. The lowest BCUT2D eigenvalue weighted by atomic mass is 9.94. The molecule has 7 heteroatoms. The first kappa shape index (κ1) is 20.6. The zero-order chi connectivity index (χ0) is 18.6. The average Bonchev–Trinajstić information content (AvgIpc) is 2.53. The van der Waals surface area contributed by atoms with Crippen LogP contribution in [0.15, 0.2) is 0 Å². The topological polar surface area (TPSA) is 69.7 Å². The maximum absolute atomic E-state index is 13.0. The molecule has 1 N–H and O–H groups in total. The third-order valence-corrected chi connectivity index (χ3v) is 7.20. The van der Waals surface area contributed by atoms with Crippen molar-refractivity contribution in [2.75, 3.05) is 32.7 Å². The Morgan fingerprint density at radius 2 is 1.76 bits per heavy atom. The summed E-state index contributed by atoms with van der Waals surface area (Å²) in [6.45, 7) is 11.2. The fourth-order valence-corrected chi connectivity index (χ4v) is 5.89. The van der Waals surface area contributed by atoms with Gasteiger partial charge in [0.1, 0.15) is 0 Å². The fraction of sp³-hybridized carbons (Fsp3) is 0.944. The lowest BCUT2D eigenvalue weighted by molar-refractivity contribution is -0.126. The summed E-state index contributed by atoms with van der Waals surface area (Å²) in [6, 6.07) is 0. The average molecular weight is 374 g/mol. The minimum atomic E-state index is -3.46. The van der Waals surface area contributed by atoms with Crippen LogP contribution >= 0.6 is 0 Å². The summed E-state index contributed by atoms with van der Waals surface area (Å²) in [6.07, 6.45) is 3.55. The second kappa shape index (κ2) is 8.82. The Labute approximate surface area is 153 Å². The molecule has 0 aromatic carbocycles. The van der Waals surface area contributed by atoms with Gasteiger partial charge >= 0.3 is 0 Å². The first-order chi connectivity index (χ1) is 11.7. The molecule has 6 nitrogen and oxygen atoms in total. The van der Waals surface area contributed by atoms with E-state index in [2.05, 4.69) is 33.0 Å². The van der Waals surface area contributed by atoms with Crippen LogP contribution in [-0.2, 0) is 15.0 Å². The van der Waals surface area contributed by atoms with Crippen molar-refractivity contribution in [3.63, 3.8) is 0 Å². The van der Waals surface area contributed by atoms with Crippen LogP contribution in [0.5, 0.6) is 0 Å². The molecule has 0 aliphatic carbocycles. The van der Waals surface area contributed by atoms with E-state index in [1.165, 1.54) is 4.31 Å². The minimum absolute atomic E-state index is 0.000861. The Kier molecular flexibility index (Phi) is 7.29. The van der Waals surface area contributed by atoms with Crippen molar-refractivity contribution in [1.82, 2.24) is 13.9 Å². The van der Waals surface area contributed by atoms with Gasteiger partial charge in [0.15, 0.2) is 0 Å². The second-order valence-corrected chi connectivity index (χ2v) is 10.4. The summed E-state index contributed by atoms with van der Waals surface area (Å²) in [4.78, 5) is 12.4. The zero-order valence-corrected chi connectivity index (χ0v) is 17.0. The van der Waals surface area contributed by atoms with E-state index in [0.29, 0.717) is 50.5 Å². The van der Waals surface area contributed by atoms with Crippen molar-refractivity contribution < 1.29 is 13.2 Å². The number of hydrogen-bond acceptors (Lipinski definition) is 3. The van der Waals surface area contributed by atoms with Gasteiger partial charge in [0.2, 0.25) is 5.91 Å². The van der Waals surface area contributed by atoms with Gasteiger partial charge in [0, 0.05) is 32.7 Å². The van der Waals surface area contributed by atoms with Gasteiger partial charge in [-0.1, -0.05) is 27.7 Å². The van der Waals surface area contributed by atoms with Gasteiger partial charge in [-0.05, 0) is 43.4 Å². The van der Waals surface area contributed by atoms with Crippen molar-refractivity contribution in [2.24, 2.45) is 23.7 Å². The van der Waals surface area contributed by atoms with Crippen LogP contribution in [0, 0.1) is 23.7 Å². The van der Waals surface area contributed by atoms with Crippen LogP contribution in [0.4, 0.5) is 0 Å². The number of rotatable bonds is 6. The number of nitrogens with zero attached hydrogens (tertiary/aromatic N) is 2. The van der Waals surface area contributed by atoms with E-state index in [0.717, 1.165) is 25.7 Å². The minimum Gasteiger partial charge on any atom is -0.356 e. The Morgan fingerprint density at radius 3 is 2.36 bits per heavy atom. The molecule has 2 saturated heterocycles. The Bertz CT molecular complexity index is 540. The standard InChI is InChI=1S/C18H35N3O3S/c1-14(2)7-8-19-18(22)17-6-5-9-20(13-17)25(23,24)21-11-15(3)10-16(4)12-21/h14-17H,5-13H2,1-4H3,(H,19,22). The summed E-state index contributed by atoms with van der Waals surface area (Å²) in [5.41, 5.74) is 0. The van der Waals surface area contributed by atoms with Crippen molar-refractivity contribution in [3.05, 3.63) is 0 Å². The summed E-state index contributed by atoms with van der Waals surface area (Å²) >= 11 is 0. The third kappa shape index (κ3) is 5.66. The van der Waals surface area contributed by atoms with Crippen LogP contribution in [-0.4, -0.2) is 55.7 Å². The number of piperidine rings is 2. The van der Waals surface area contributed by atoms with E-state index in [9.17, 15) is 13.2 Å². The Morgan fingerprint density at radius 1 is 1.12 bits per heavy atom. The Hall–Kier alpha value is -0.660. The summed E-state index contributed by atoms with van der Waals surface area (Å²) in [5, 5.41) is 2.98. The number of carbonyl (C=O) groups is 1. The molecule has 2 rings (SSSR count). The second-order valence-electron chi connectivity index (χ2n) is 8.44. The molecule has 0 aromatic heterocycles. The molecule has 2 aliphatic rings. The van der Waals surface area contributed by atoms with Crippen LogP contribution < -0.4 is 5.32 Å². The van der Waals surface area contributed by atoms with Crippen LogP contribution in [0.1, 0.15) is 53.4 Å². The Balaban J connectivity index is 1.96. The molecule has 0 aromatic rings. The molecule has 146 valence electrons. The molecule has 2 fully saturated rings. The summed E-state index contributed by atoms with van der Waals surface area (Å²) < 4.78 is 29.2. The van der Waals surface area contributed by atoms with Crippen molar-refractivity contribution >= 4 is 16.1 Å². The maximum Gasteiger partial charge on any atom is 0.282 e. The molecule has 2 heterocycles. The van der Waals surface area contributed by atoms with Crippen molar-refractivity contribution in [1.29, 1.82) is 0 Å². The van der Waals surface area contributed by atoms with Crippen molar-refractivity contribution in [3.8, 4) is 0 Å². The maximum atomic E-state index is 13.0. The van der Waals surface area contributed by atoms with Crippen molar-refractivity contribution in [2.45, 2.75) is 53.4 Å². The van der Waals surface area contributed by atoms with Gasteiger partial charge in [0.25, 0.3) is 10.2 Å². The smallest absolute Gasteiger partial charge is 0.282 e. The van der Waals surface area contributed by atoms with E-state index >= 15 is 0 Å². The molecule has 1 amide bonds. The highest BCUT2D eigenvalue weighted by Crippen LogP contribution is 2.27. The molecule has 2 aliphatic heterocycles. The molecule has 0 bridgehead atoms. The van der Waals surface area contributed by atoms with Gasteiger partial charge < -0.3 is 5.32 Å². The van der Waals surface area contributed by atoms with Gasteiger partial charge in [-0.2, -0.15) is 17.0 Å². The SMILES string of the molecule is CC(C)CCNC(=O)C1CCCN(S(=O)(=O)N2CC(C)CC(C)C2)C1. The molecule has 3 atom stereocenters. The van der Waals surface area contributed by atoms with Crippen LogP contribution in [0.25, 0.3) is 0 Å². The largest absolute Gasteiger partial charge is 0.356 e. The molecule has 0 radical (unpaired) electrons. The van der Waals surface area contributed by atoms with E-state index in [-0.39, 0.29) is 11.8 Å². The number of amides is 1. The summed E-state index contributed by atoms with van der Waals surface area (Å²) in [7, 11) is -3.46. The highest BCUT2D eigenvalue weighted by molar-refractivity contribution is 7.86. The molecule has 0 spiro atoms. The quantitative estimate of drug-likeness (QED) is 0.775. The predicted molar refractivity (Wildman–Crippen MR) is 100 cm³/mol. The highest BCUT2D eigenvalue weighted by Gasteiger charge is 2.38. The van der Waals surface area contributed by atoms with E-state index < -0.39 is 10.2 Å². The normalized spacial score (nSPS) is 29.7. The fourth-order valence-electron chi connectivity index (χ4n) is 3.95. The first-order valence-corrected chi connectivity index (χ1v) is 11.1. The lowest BCUT2D eigenvalue weighted by Crippen LogP contribution is -2.53. The first-order valence-electron chi connectivity index (χ1n) is 9.73. The van der Waals surface area contributed by atoms with E-state index in [1.54, 1.807) is 4.31 Å². The molecular formula is C18H35N3O3S. The predicted octanol–water partition coefficient (Wildman–Crippen LogP) is 2.08. The number of nitrogens with one attached hydrogen (secondary N) is 1. The lowest BCUT2D eigenvalue weighted by Gasteiger charge is -2.39. The van der Waals surface area contributed by atoms with E-state index in [1.807, 2.05) is 0 Å². The molecule has 3 unspecified atom stereocenters.